The maximum absolute atomic E-state index is 13.3. The first-order valence-corrected chi connectivity index (χ1v) is 6.66. The van der Waals surface area contributed by atoms with Gasteiger partial charge in [0.1, 0.15) is 0 Å². The number of halogens is 3. The largest absolute Gasteiger partial charge is 0.438 e. The SMILES string of the molecule is CC(=O)N1C[C@@](O)(C(F)(F)F)N(C(=O)C(C)(C)C)C[C@]1(C)O. The van der Waals surface area contributed by atoms with Gasteiger partial charge in [-0.1, -0.05) is 20.8 Å². The van der Waals surface area contributed by atoms with Gasteiger partial charge in [-0.05, 0) is 6.92 Å². The Bertz CT molecular complexity index is 485. The van der Waals surface area contributed by atoms with Gasteiger partial charge >= 0.3 is 6.18 Å². The number of nitrogens with zero attached hydrogens (tertiary/aromatic N) is 2. The second-order valence-corrected chi connectivity index (χ2v) is 6.78. The zero-order chi connectivity index (χ0) is 17.7. The van der Waals surface area contributed by atoms with Crippen LogP contribution in [0.1, 0.15) is 34.6 Å². The number of carbonyl (C=O) groups is 2. The van der Waals surface area contributed by atoms with E-state index in [1.165, 1.54) is 20.8 Å². The quantitative estimate of drug-likeness (QED) is 0.686. The average Bonchev–Trinajstić information content (AvgIpc) is 2.27. The predicted octanol–water partition coefficient (Wildman–Crippen LogP) is 0.683. The summed E-state index contributed by atoms with van der Waals surface area (Å²) in [6.45, 7) is 4.20. The van der Waals surface area contributed by atoms with Crippen molar-refractivity contribution in [2.24, 2.45) is 5.41 Å². The summed E-state index contributed by atoms with van der Waals surface area (Å²) in [5.74, 6) is -1.81. The molecular formula is C13H21F3N2O4. The summed E-state index contributed by atoms with van der Waals surface area (Å²) in [6, 6.07) is 0. The molecule has 0 aromatic carbocycles. The minimum absolute atomic E-state index is 0.201. The lowest BCUT2D eigenvalue weighted by Gasteiger charge is -2.54. The first-order chi connectivity index (χ1) is 9.54. The molecule has 0 aromatic rings. The summed E-state index contributed by atoms with van der Waals surface area (Å²) >= 11 is 0. The summed E-state index contributed by atoms with van der Waals surface area (Å²) in [5, 5.41) is 20.3. The van der Waals surface area contributed by atoms with Crippen LogP contribution in [0, 0.1) is 5.41 Å². The van der Waals surface area contributed by atoms with Gasteiger partial charge in [-0.15, -0.1) is 0 Å². The van der Waals surface area contributed by atoms with Crippen molar-refractivity contribution in [3.63, 3.8) is 0 Å². The van der Waals surface area contributed by atoms with Crippen LogP contribution in [0.5, 0.6) is 0 Å². The van der Waals surface area contributed by atoms with Crippen LogP contribution in [0.25, 0.3) is 0 Å². The maximum Gasteiger partial charge on any atom is 0.438 e. The number of aliphatic hydroxyl groups is 2. The molecular weight excluding hydrogens is 305 g/mol. The molecule has 9 heteroatoms. The Morgan fingerprint density at radius 3 is 1.82 bits per heavy atom. The van der Waals surface area contributed by atoms with Crippen molar-refractivity contribution >= 4 is 11.8 Å². The van der Waals surface area contributed by atoms with Gasteiger partial charge in [0.2, 0.25) is 11.8 Å². The van der Waals surface area contributed by atoms with Gasteiger partial charge in [-0.25, -0.2) is 0 Å². The summed E-state index contributed by atoms with van der Waals surface area (Å²) in [4.78, 5) is 24.5. The predicted molar refractivity (Wildman–Crippen MR) is 70.2 cm³/mol. The summed E-state index contributed by atoms with van der Waals surface area (Å²) in [6.07, 6.45) is -5.18. The Labute approximate surface area is 126 Å². The molecule has 1 heterocycles. The minimum atomic E-state index is -5.18. The van der Waals surface area contributed by atoms with Crippen LogP contribution in [-0.2, 0) is 9.59 Å². The highest BCUT2D eigenvalue weighted by Gasteiger charge is 2.65. The van der Waals surface area contributed by atoms with Gasteiger partial charge in [-0.2, -0.15) is 13.2 Å². The molecule has 0 unspecified atom stereocenters. The van der Waals surface area contributed by atoms with Crippen molar-refractivity contribution in [1.82, 2.24) is 9.80 Å². The Hall–Kier alpha value is -1.35. The van der Waals surface area contributed by atoms with E-state index in [2.05, 4.69) is 0 Å². The van der Waals surface area contributed by atoms with E-state index in [4.69, 9.17) is 0 Å². The van der Waals surface area contributed by atoms with E-state index in [0.717, 1.165) is 13.8 Å². The van der Waals surface area contributed by atoms with Crippen LogP contribution in [0.15, 0.2) is 0 Å². The fourth-order valence-corrected chi connectivity index (χ4v) is 2.33. The summed E-state index contributed by atoms with van der Waals surface area (Å²) in [5.41, 5.74) is -6.76. The van der Waals surface area contributed by atoms with Crippen LogP contribution in [0.2, 0.25) is 0 Å². The highest BCUT2D eigenvalue weighted by atomic mass is 19.4. The van der Waals surface area contributed by atoms with Crippen molar-refractivity contribution < 1.29 is 33.0 Å². The molecule has 1 aliphatic rings. The maximum atomic E-state index is 13.3. The third-order valence-electron chi connectivity index (χ3n) is 3.59. The molecule has 0 aliphatic carbocycles. The minimum Gasteiger partial charge on any atom is -0.369 e. The molecule has 2 amide bonds. The van der Waals surface area contributed by atoms with Gasteiger partial charge in [0.25, 0.3) is 5.72 Å². The average molecular weight is 326 g/mol. The van der Waals surface area contributed by atoms with Crippen LogP contribution in [-0.4, -0.2) is 62.5 Å². The normalized spacial score (nSPS) is 30.5. The molecule has 22 heavy (non-hydrogen) atoms. The number of hydrogen-bond donors (Lipinski definition) is 2. The van der Waals surface area contributed by atoms with E-state index in [0.29, 0.717) is 4.90 Å². The third kappa shape index (κ3) is 3.05. The first-order valence-electron chi connectivity index (χ1n) is 6.66. The number of piperazine rings is 1. The lowest BCUT2D eigenvalue weighted by molar-refractivity contribution is -0.343. The summed E-state index contributed by atoms with van der Waals surface area (Å²) in [7, 11) is 0. The van der Waals surface area contributed by atoms with Crippen molar-refractivity contribution in [2.75, 3.05) is 13.1 Å². The van der Waals surface area contributed by atoms with Gasteiger partial charge in [0.05, 0.1) is 13.1 Å². The van der Waals surface area contributed by atoms with Crippen LogP contribution in [0.3, 0.4) is 0 Å². The van der Waals surface area contributed by atoms with Crippen molar-refractivity contribution in [1.29, 1.82) is 0 Å². The lowest BCUT2D eigenvalue weighted by atomic mass is 9.90. The van der Waals surface area contributed by atoms with E-state index in [1.54, 1.807) is 0 Å². The number of hydrogen-bond acceptors (Lipinski definition) is 4. The molecule has 6 nitrogen and oxygen atoms in total. The van der Waals surface area contributed by atoms with Crippen molar-refractivity contribution in [2.45, 2.75) is 52.2 Å². The number of alkyl halides is 3. The van der Waals surface area contributed by atoms with E-state index in [1.807, 2.05) is 0 Å². The third-order valence-corrected chi connectivity index (χ3v) is 3.59. The molecule has 0 radical (unpaired) electrons. The van der Waals surface area contributed by atoms with E-state index in [9.17, 15) is 33.0 Å². The molecule has 2 N–H and O–H groups in total. The fraction of sp³-hybridized carbons (Fsp3) is 0.846. The lowest BCUT2D eigenvalue weighted by Crippen LogP contribution is -2.77. The van der Waals surface area contributed by atoms with Gasteiger partial charge in [0, 0.05) is 12.3 Å². The molecule has 0 aromatic heterocycles. The Balaban J connectivity index is 3.41. The number of β-amino-alcohol motifs (C(OH)–C–C–N with tert-alkyl or cyclic N) is 2. The molecule has 0 bridgehead atoms. The molecule has 1 saturated heterocycles. The molecule has 1 fully saturated rings. The van der Waals surface area contributed by atoms with E-state index in [-0.39, 0.29) is 4.90 Å². The van der Waals surface area contributed by atoms with Crippen LogP contribution >= 0.6 is 0 Å². The second kappa shape index (κ2) is 5.09. The topological polar surface area (TPSA) is 81.1 Å². The second-order valence-electron chi connectivity index (χ2n) is 6.78. The highest BCUT2D eigenvalue weighted by molar-refractivity contribution is 5.83. The van der Waals surface area contributed by atoms with Crippen LogP contribution in [0.4, 0.5) is 13.2 Å². The Kier molecular flexibility index (Phi) is 4.32. The number of amides is 2. The summed E-state index contributed by atoms with van der Waals surface area (Å²) < 4.78 is 40.0. The van der Waals surface area contributed by atoms with E-state index >= 15 is 0 Å². The van der Waals surface area contributed by atoms with E-state index < -0.39 is 47.9 Å². The van der Waals surface area contributed by atoms with Gasteiger partial charge < -0.3 is 15.1 Å². The van der Waals surface area contributed by atoms with Gasteiger partial charge in [0.15, 0.2) is 5.72 Å². The molecule has 2 atom stereocenters. The molecule has 0 saturated carbocycles. The van der Waals surface area contributed by atoms with Gasteiger partial charge in [-0.3, -0.25) is 14.5 Å². The highest BCUT2D eigenvalue weighted by Crippen LogP contribution is 2.41. The number of carbonyl (C=O) groups excluding carboxylic acids is 2. The molecule has 0 spiro atoms. The monoisotopic (exact) mass is 326 g/mol. The van der Waals surface area contributed by atoms with Crippen molar-refractivity contribution in [3.8, 4) is 0 Å². The Morgan fingerprint density at radius 1 is 1.05 bits per heavy atom. The number of rotatable bonds is 0. The first kappa shape index (κ1) is 18.7. The van der Waals surface area contributed by atoms with Crippen molar-refractivity contribution in [3.05, 3.63) is 0 Å². The Morgan fingerprint density at radius 2 is 1.50 bits per heavy atom. The standard InChI is InChI=1S/C13H21F3N2O4/c1-8(19)17-7-12(22,13(14,15)16)18(6-11(17,5)21)9(20)10(2,3)4/h21-22H,6-7H2,1-5H3/t11-,12+/m0/s1. The molecule has 128 valence electrons. The fourth-order valence-electron chi connectivity index (χ4n) is 2.33. The zero-order valence-electron chi connectivity index (χ0n) is 13.2. The zero-order valence-corrected chi connectivity index (χ0v) is 13.2. The smallest absolute Gasteiger partial charge is 0.369 e. The molecule has 1 aliphatic heterocycles. The molecule has 1 rings (SSSR count). The van der Waals surface area contributed by atoms with Crippen LogP contribution < -0.4 is 0 Å².